The summed E-state index contributed by atoms with van der Waals surface area (Å²) in [6.07, 6.45) is 6.24. The van der Waals surface area contributed by atoms with Crippen molar-refractivity contribution in [3.8, 4) is 11.5 Å². The Labute approximate surface area is 151 Å². The minimum atomic E-state index is -2.92. The van der Waals surface area contributed by atoms with Crippen molar-refractivity contribution in [2.75, 3.05) is 7.11 Å². The fraction of sp³-hybridized carbons (Fsp3) is 0.529. The van der Waals surface area contributed by atoms with Gasteiger partial charge in [-0.25, -0.2) is 0 Å². The number of nitrogens with zero attached hydrogens (tertiary/aromatic N) is 1. The van der Waals surface area contributed by atoms with Crippen LogP contribution in [0.1, 0.15) is 38.2 Å². The molecular weight excluding hydrogens is 348 g/mol. The van der Waals surface area contributed by atoms with E-state index in [1.54, 1.807) is 12.1 Å². The van der Waals surface area contributed by atoms with E-state index in [1.165, 1.54) is 38.7 Å². The third-order valence-electron chi connectivity index (χ3n) is 4.21. The van der Waals surface area contributed by atoms with Gasteiger partial charge in [-0.2, -0.15) is 13.9 Å². The van der Waals surface area contributed by atoms with Gasteiger partial charge in [0.15, 0.2) is 16.6 Å². The molecule has 1 aliphatic carbocycles. The van der Waals surface area contributed by atoms with E-state index in [0.29, 0.717) is 22.6 Å². The molecule has 1 aliphatic rings. The highest BCUT2D eigenvalue weighted by molar-refractivity contribution is 7.80. The van der Waals surface area contributed by atoms with E-state index in [9.17, 15) is 8.78 Å². The number of hydrogen-bond acceptors (Lipinski definition) is 4. The summed E-state index contributed by atoms with van der Waals surface area (Å²) >= 11 is 5.25. The predicted octanol–water partition coefficient (Wildman–Crippen LogP) is 3.67. The van der Waals surface area contributed by atoms with Crippen LogP contribution in [0.15, 0.2) is 23.3 Å². The maximum absolute atomic E-state index is 12.4. The molecule has 0 bridgehead atoms. The first-order chi connectivity index (χ1) is 12.0. The Morgan fingerprint density at radius 1 is 1.32 bits per heavy atom. The summed E-state index contributed by atoms with van der Waals surface area (Å²) in [5.74, 6) is 0.764. The zero-order valence-corrected chi connectivity index (χ0v) is 15.1. The van der Waals surface area contributed by atoms with Gasteiger partial charge in [-0.15, -0.1) is 0 Å². The Hall–Kier alpha value is -1.96. The summed E-state index contributed by atoms with van der Waals surface area (Å²) in [5.41, 5.74) is 3.34. The standard InChI is InChI=1S/C17H23F2N3O2S/c1-11-5-3-4-6-13(11)21-17(25)22-20-10-12-7-8-14(23-2)15(9-12)24-16(18)19/h7-11,13,16H,3-6H2,1-2H3,(H2,21,22,25)/b20-10-/t11-,13+/m1/s1. The Balaban J connectivity index is 1.91. The van der Waals surface area contributed by atoms with Crippen molar-refractivity contribution in [1.29, 1.82) is 0 Å². The van der Waals surface area contributed by atoms with Gasteiger partial charge in [-0.1, -0.05) is 19.8 Å². The molecule has 2 rings (SSSR count). The quantitative estimate of drug-likeness (QED) is 0.454. The van der Waals surface area contributed by atoms with Gasteiger partial charge in [0.25, 0.3) is 0 Å². The molecule has 1 aromatic rings. The molecule has 8 heteroatoms. The number of halogens is 2. The number of nitrogens with one attached hydrogen (secondary N) is 2. The van der Waals surface area contributed by atoms with Crippen molar-refractivity contribution in [3.63, 3.8) is 0 Å². The molecule has 1 fully saturated rings. The highest BCUT2D eigenvalue weighted by Gasteiger charge is 2.21. The number of ether oxygens (including phenoxy) is 2. The maximum atomic E-state index is 12.4. The summed E-state index contributed by atoms with van der Waals surface area (Å²) in [4.78, 5) is 0. The molecule has 138 valence electrons. The maximum Gasteiger partial charge on any atom is 0.387 e. The summed E-state index contributed by atoms with van der Waals surface area (Å²) in [6.45, 7) is -0.710. The molecule has 0 heterocycles. The van der Waals surface area contributed by atoms with E-state index >= 15 is 0 Å². The van der Waals surface area contributed by atoms with Crippen LogP contribution in [0.3, 0.4) is 0 Å². The van der Waals surface area contributed by atoms with Crippen LogP contribution in [-0.4, -0.2) is 31.1 Å². The molecule has 0 radical (unpaired) electrons. The van der Waals surface area contributed by atoms with Gasteiger partial charge in [0.2, 0.25) is 0 Å². The summed E-state index contributed by atoms with van der Waals surface area (Å²) in [5, 5.41) is 7.77. The van der Waals surface area contributed by atoms with Crippen LogP contribution in [-0.2, 0) is 0 Å². The molecule has 2 N–H and O–H groups in total. The number of hydrazone groups is 1. The zero-order chi connectivity index (χ0) is 18.2. The number of hydrogen-bond donors (Lipinski definition) is 2. The van der Waals surface area contributed by atoms with Crippen molar-refractivity contribution in [1.82, 2.24) is 10.7 Å². The van der Waals surface area contributed by atoms with Gasteiger partial charge >= 0.3 is 6.61 Å². The van der Waals surface area contributed by atoms with Gasteiger partial charge in [0.05, 0.1) is 13.3 Å². The fourth-order valence-electron chi connectivity index (χ4n) is 2.86. The number of thiocarbonyl (C=S) groups is 1. The number of rotatable bonds is 6. The molecule has 0 unspecified atom stereocenters. The van der Waals surface area contributed by atoms with Crippen LogP contribution >= 0.6 is 12.2 Å². The lowest BCUT2D eigenvalue weighted by Gasteiger charge is -2.30. The van der Waals surface area contributed by atoms with Crippen molar-refractivity contribution in [2.24, 2.45) is 11.0 Å². The van der Waals surface area contributed by atoms with Gasteiger partial charge in [-0.05, 0) is 54.7 Å². The van der Waals surface area contributed by atoms with Crippen LogP contribution in [0.2, 0.25) is 0 Å². The summed E-state index contributed by atoms with van der Waals surface area (Å²) < 4.78 is 34.3. The fourth-order valence-corrected chi connectivity index (χ4v) is 3.06. The van der Waals surface area contributed by atoms with E-state index in [4.69, 9.17) is 17.0 Å². The third-order valence-corrected chi connectivity index (χ3v) is 4.42. The molecule has 1 saturated carbocycles. The number of methoxy groups -OCH3 is 1. The average molecular weight is 371 g/mol. The molecule has 0 spiro atoms. The Bertz CT molecular complexity index is 614. The lowest BCUT2D eigenvalue weighted by atomic mass is 9.86. The van der Waals surface area contributed by atoms with Crippen LogP contribution in [0.5, 0.6) is 11.5 Å². The second-order valence-electron chi connectivity index (χ2n) is 6.00. The van der Waals surface area contributed by atoms with Crippen LogP contribution in [0.25, 0.3) is 0 Å². The number of alkyl halides is 2. The Morgan fingerprint density at radius 2 is 2.08 bits per heavy atom. The van der Waals surface area contributed by atoms with Crippen molar-refractivity contribution in [2.45, 2.75) is 45.3 Å². The van der Waals surface area contributed by atoms with Gasteiger partial charge in [0, 0.05) is 6.04 Å². The molecule has 2 atom stereocenters. The van der Waals surface area contributed by atoms with Gasteiger partial charge < -0.3 is 14.8 Å². The highest BCUT2D eigenvalue weighted by atomic mass is 32.1. The van der Waals surface area contributed by atoms with Crippen LogP contribution in [0.4, 0.5) is 8.78 Å². The molecule has 0 amide bonds. The summed E-state index contributed by atoms with van der Waals surface area (Å²) in [7, 11) is 1.39. The Kier molecular flexibility index (Phi) is 7.36. The molecule has 0 aromatic heterocycles. The highest BCUT2D eigenvalue weighted by Crippen LogP contribution is 2.29. The van der Waals surface area contributed by atoms with E-state index in [0.717, 1.165) is 6.42 Å². The first-order valence-corrected chi connectivity index (χ1v) is 8.63. The van der Waals surface area contributed by atoms with Crippen molar-refractivity contribution in [3.05, 3.63) is 23.8 Å². The molecule has 1 aromatic carbocycles. The first kappa shape index (κ1) is 19.4. The van der Waals surface area contributed by atoms with Crippen LogP contribution < -0.4 is 20.2 Å². The third kappa shape index (κ3) is 6.12. The van der Waals surface area contributed by atoms with E-state index in [2.05, 4.69) is 27.5 Å². The van der Waals surface area contributed by atoms with E-state index < -0.39 is 6.61 Å². The second kappa shape index (κ2) is 9.50. The monoisotopic (exact) mass is 371 g/mol. The molecule has 5 nitrogen and oxygen atoms in total. The molecule has 0 aliphatic heterocycles. The largest absolute Gasteiger partial charge is 0.493 e. The number of benzene rings is 1. The lowest BCUT2D eigenvalue weighted by Crippen LogP contribution is -2.44. The van der Waals surface area contributed by atoms with Gasteiger partial charge in [0.1, 0.15) is 0 Å². The van der Waals surface area contributed by atoms with E-state index in [-0.39, 0.29) is 11.5 Å². The topological polar surface area (TPSA) is 54.9 Å². The predicted molar refractivity (Wildman–Crippen MR) is 97.5 cm³/mol. The Morgan fingerprint density at radius 3 is 2.76 bits per heavy atom. The molecule has 0 saturated heterocycles. The average Bonchev–Trinajstić information content (AvgIpc) is 2.57. The lowest BCUT2D eigenvalue weighted by molar-refractivity contribution is -0.0512. The minimum Gasteiger partial charge on any atom is -0.493 e. The molecule has 25 heavy (non-hydrogen) atoms. The van der Waals surface area contributed by atoms with Gasteiger partial charge in [-0.3, -0.25) is 5.43 Å². The van der Waals surface area contributed by atoms with Crippen molar-refractivity contribution < 1.29 is 18.3 Å². The first-order valence-electron chi connectivity index (χ1n) is 8.22. The van der Waals surface area contributed by atoms with E-state index in [1.807, 2.05) is 0 Å². The van der Waals surface area contributed by atoms with Crippen LogP contribution in [0, 0.1) is 5.92 Å². The normalized spacial score (nSPS) is 20.5. The minimum absolute atomic E-state index is 0.0434. The second-order valence-corrected chi connectivity index (χ2v) is 6.41. The molecular formula is C17H23F2N3O2S. The van der Waals surface area contributed by atoms with Crippen molar-refractivity contribution >= 4 is 23.5 Å². The smallest absolute Gasteiger partial charge is 0.387 e. The zero-order valence-electron chi connectivity index (χ0n) is 14.3. The summed E-state index contributed by atoms with van der Waals surface area (Å²) in [6, 6.07) is 5.01. The SMILES string of the molecule is COc1ccc(/C=N\NC(=S)N[C@H]2CCCC[C@H]2C)cc1OC(F)F.